The monoisotopic (exact) mass is 286 g/mol. The highest BCUT2D eigenvalue weighted by molar-refractivity contribution is 5.29. The molecule has 0 aromatic heterocycles. The summed E-state index contributed by atoms with van der Waals surface area (Å²) in [6.45, 7) is 2.80. The molecule has 2 fully saturated rings. The molecule has 0 spiro atoms. The smallest absolute Gasteiger partial charge is 0.119 e. The van der Waals surface area contributed by atoms with Crippen LogP contribution in [0.1, 0.15) is 76.2 Å². The fourth-order valence-electron chi connectivity index (χ4n) is 4.53. The van der Waals surface area contributed by atoms with Crippen LogP contribution in [0.5, 0.6) is 5.75 Å². The first kappa shape index (κ1) is 14.9. The van der Waals surface area contributed by atoms with E-state index in [4.69, 9.17) is 4.74 Å². The minimum Gasteiger partial charge on any atom is -0.494 e. The second-order valence-corrected chi connectivity index (χ2v) is 7.01. The van der Waals surface area contributed by atoms with Crippen molar-refractivity contribution in [1.29, 1.82) is 0 Å². The maximum Gasteiger partial charge on any atom is 0.119 e. The van der Waals surface area contributed by atoms with E-state index in [2.05, 4.69) is 24.3 Å². The Bertz CT molecular complexity index is 408. The van der Waals surface area contributed by atoms with Crippen LogP contribution in [0.25, 0.3) is 0 Å². The van der Waals surface area contributed by atoms with Crippen LogP contribution in [0.4, 0.5) is 0 Å². The standard InChI is InChI=1S/C20H30O/c1-2-21-20-14-12-19(13-15-20)18-10-8-17(9-11-18)16-6-4-3-5-7-16/h12-18H,2-11H2,1H3. The molecule has 0 heterocycles. The summed E-state index contributed by atoms with van der Waals surface area (Å²) in [5, 5.41) is 0. The molecule has 1 nitrogen and oxygen atoms in total. The summed E-state index contributed by atoms with van der Waals surface area (Å²) in [7, 11) is 0. The van der Waals surface area contributed by atoms with E-state index < -0.39 is 0 Å². The van der Waals surface area contributed by atoms with Crippen LogP contribution in [-0.4, -0.2) is 6.61 Å². The van der Waals surface area contributed by atoms with Crippen molar-refractivity contribution in [2.45, 2.75) is 70.6 Å². The van der Waals surface area contributed by atoms with Crippen molar-refractivity contribution in [2.75, 3.05) is 6.61 Å². The highest BCUT2D eigenvalue weighted by atomic mass is 16.5. The molecule has 116 valence electrons. The summed E-state index contributed by atoms with van der Waals surface area (Å²) in [5.74, 6) is 3.89. The zero-order valence-electron chi connectivity index (χ0n) is 13.5. The van der Waals surface area contributed by atoms with Gasteiger partial charge in [0.1, 0.15) is 5.75 Å². The van der Waals surface area contributed by atoms with Crippen molar-refractivity contribution in [2.24, 2.45) is 11.8 Å². The summed E-state index contributed by atoms with van der Waals surface area (Å²) < 4.78 is 5.54. The molecule has 21 heavy (non-hydrogen) atoms. The SMILES string of the molecule is CCOc1ccc(C2CCC(C3CCCCC3)CC2)cc1. The minimum atomic E-state index is 0.756. The van der Waals surface area contributed by atoms with E-state index in [0.717, 1.165) is 30.1 Å². The molecular weight excluding hydrogens is 256 g/mol. The lowest BCUT2D eigenvalue weighted by Gasteiger charge is -2.36. The number of hydrogen-bond donors (Lipinski definition) is 0. The average molecular weight is 286 g/mol. The van der Waals surface area contributed by atoms with Crippen molar-refractivity contribution in [3.8, 4) is 5.75 Å². The van der Waals surface area contributed by atoms with Crippen LogP contribution < -0.4 is 4.74 Å². The van der Waals surface area contributed by atoms with E-state index in [-0.39, 0.29) is 0 Å². The fraction of sp³-hybridized carbons (Fsp3) is 0.700. The topological polar surface area (TPSA) is 9.23 Å². The van der Waals surface area contributed by atoms with Gasteiger partial charge in [-0.2, -0.15) is 0 Å². The van der Waals surface area contributed by atoms with Crippen LogP contribution in [-0.2, 0) is 0 Å². The third-order valence-corrected chi connectivity index (χ3v) is 5.75. The molecule has 0 bridgehead atoms. The van der Waals surface area contributed by atoms with Gasteiger partial charge in [-0.05, 0) is 68.1 Å². The third kappa shape index (κ3) is 3.81. The largest absolute Gasteiger partial charge is 0.494 e. The molecule has 0 N–H and O–H groups in total. The van der Waals surface area contributed by atoms with Crippen LogP contribution in [0.3, 0.4) is 0 Å². The van der Waals surface area contributed by atoms with Crippen LogP contribution >= 0.6 is 0 Å². The Kier molecular flexibility index (Phi) is 5.22. The minimum absolute atomic E-state index is 0.756. The maximum atomic E-state index is 5.54. The lowest BCUT2D eigenvalue weighted by atomic mass is 9.70. The summed E-state index contributed by atoms with van der Waals surface area (Å²) in [4.78, 5) is 0. The van der Waals surface area contributed by atoms with Crippen LogP contribution in [0.2, 0.25) is 0 Å². The van der Waals surface area contributed by atoms with Gasteiger partial charge in [-0.3, -0.25) is 0 Å². The van der Waals surface area contributed by atoms with Gasteiger partial charge in [0.2, 0.25) is 0 Å². The Labute approximate surface area is 130 Å². The Balaban J connectivity index is 1.52. The van der Waals surface area contributed by atoms with E-state index in [1.807, 2.05) is 6.92 Å². The van der Waals surface area contributed by atoms with Gasteiger partial charge in [0.25, 0.3) is 0 Å². The predicted molar refractivity (Wildman–Crippen MR) is 88.9 cm³/mol. The molecule has 0 aliphatic heterocycles. The molecule has 1 heteroatoms. The molecule has 0 amide bonds. The van der Waals surface area contributed by atoms with Gasteiger partial charge in [-0.1, -0.05) is 44.2 Å². The number of benzene rings is 1. The van der Waals surface area contributed by atoms with Gasteiger partial charge in [0, 0.05) is 0 Å². The predicted octanol–water partition coefficient (Wildman–Crippen LogP) is 5.94. The van der Waals surface area contributed by atoms with Crippen molar-refractivity contribution in [3.05, 3.63) is 29.8 Å². The van der Waals surface area contributed by atoms with E-state index in [1.165, 1.54) is 63.4 Å². The lowest BCUT2D eigenvalue weighted by molar-refractivity contribution is 0.186. The van der Waals surface area contributed by atoms with E-state index >= 15 is 0 Å². The molecule has 1 aromatic rings. The molecule has 2 aliphatic carbocycles. The second-order valence-electron chi connectivity index (χ2n) is 7.01. The first-order chi connectivity index (χ1) is 10.4. The van der Waals surface area contributed by atoms with Gasteiger partial charge < -0.3 is 4.74 Å². The Morgan fingerprint density at radius 2 is 1.43 bits per heavy atom. The van der Waals surface area contributed by atoms with Crippen molar-refractivity contribution in [3.63, 3.8) is 0 Å². The fourth-order valence-corrected chi connectivity index (χ4v) is 4.53. The first-order valence-corrected chi connectivity index (χ1v) is 9.09. The molecule has 3 rings (SSSR count). The lowest BCUT2D eigenvalue weighted by Crippen LogP contribution is -2.23. The van der Waals surface area contributed by atoms with E-state index in [9.17, 15) is 0 Å². The summed E-state index contributed by atoms with van der Waals surface area (Å²) in [6.07, 6.45) is 13.2. The normalized spacial score (nSPS) is 27.5. The average Bonchev–Trinajstić information content (AvgIpc) is 2.57. The zero-order chi connectivity index (χ0) is 14.5. The third-order valence-electron chi connectivity index (χ3n) is 5.75. The Morgan fingerprint density at radius 3 is 2.05 bits per heavy atom. The molecule has 2 saturated carbocycles. The Morgan fingerprint density at radius 1 is 0.810 bits per heavy atom. The summed E-state index contributed by atoms with van der Waals surface area (Å²) >= 11 is 0. The van der Waals surface area contributed by atoms with Crippen molar-refractivity contribution in [1.82, 2.24) is 0 Å². The molecule has 1 aromatic carbocycles. The maximum absolute atomic E-state index is 5.54. The second kappa shape index (κ2) is 7.33. The molecule has 0 saturated heterocycles. The number of rotatable bonds is 4. The first-order valence-electron chi connectivity index (χ1n) is 9.09. The van der Waals surface area contributed by atoms with Gasteiger partial charge in [0.15, 0.2) is 0 Å². The molecule has 0 atom stereocenters. The van der Waals surface area contributed by atoms with E-state index in [0.29, 0.717) is 0 Å². The quantitative estimate of drug-likeness (QED) is 0.665. The van der Waals surface area contributed by atoms with E-state index in [1.54, 1.807) is 0 Å². The van der Waals surface area contributed by atoms with Crippen molar-refractivity contribution >= 4 is 0 Å². The Hall–Kier alpha value is -0.980. The van der Waals surface area contributed by atoms with Crippen molar-refractivity contribution < 1.29 is 4.74 Å². The molecule has 2 aliphatic rings. The number of ether oxygens (including phenoxy) is 1. The summed E-state index contributed by atoms with van der Waals surface area (Å²) in [5.41, 5.74) is 1.53. The molecule has 0 radical (unpaired) electrons. The number of hydrogen-bond acceptors (Lipinski definition) is 1. The molecular formula is C20H30O. The van der Waals surface area contributed by atoms with Gasteiger partial charge >= 0.3 is 0 Å². The summed E-state index contributed by atoms with van der Waals surface area (Å²) in [6, 6.07) is 8.87. The highest BCUT2D eigenvalue weighted by Crippen LogP contribution is 2.43. The van der Waals surface area contributed by atoms with Gasteiger partial charge in [-0.25, -0.2) is 0 Å². The van der Waals surface area contributed by atoms with Crippen LogP contribution in [0, 0.1) is 11.8 Å². The van der Waals surface area contributed by atoms with Crippen LogP contribution in [0.15, 0.2) is 24.3 Å². The molecule has 0 unspecified atom stereocenters. The zero-order valence-corrected chi connectivity index (χ0v) is 13.5. The van der Waals surface area contributed by atoms with Gasteiger partial charge in [-0.15, -0.1) is 0 Å². The highest BCUT2D eigenvalue weighted by Gasteiger charge is 2.28. The van der Waals surface area contributed by atoms with Gasteiger partial charge in [0.05, 0.1) is 6.61 Å².